The molecule has 6 heteroatoms. The molecule has 1 aromatic heterocycles. The monoisotopic (exact) mass is 112 g/mol. The Hall–Kier alpha value is -0.515. The molecule has 0 aliphatic carbocycles. The number of tetrazole rings is 1. The molecule has 0 aliphatic heterocycles. The molecule has 0 spiro atoms. The van der Waals surface area contributed by atoms with E-state index in [2.05, 4.69) is 20.6 Å². The Morgan fingerprint density at radius 2 is 2.57 bits per heavy atom. The van der Waals surface area contributed by atoms with E-state index in [1.165, 1.54) is 0 Å². The molecule has 0 bridgehead atoms. The Morgan fingerprint density at radius 3 is 2.86 bits per heavy atom. The SMILES string of the molecule is [B]Sc1nn[nH]n1. The first-order valence-electron chi connectivity index (χ1n) is 1.53. The molecule has 0 amide bonds. The molecule has 0 atom stereocenters. The number of nitrogens with zero attached hydrogens (tertiary/aromatic N) is 3. The van der Waals surface area contributed by atoms with Gasteiger partial charge in [-0.25, -0.2) is 0 Å². The number of hydrogen-bond donors (Lipinski definition) is 1. The van der Waals surface area contributed by atoms with Crippen molar-refractivity contribution >= 4 is 18.7 Å². The second-order valence-corrected chi connectivity index (χ2v) is 1.41. The van der Waals surface area contributed by atoms with Gasteiger partial charge < -0.3 is 0 Å². The number of nitrogens with one attached hydrogen (secondary N) is 1. The Balaban J connectivity index is 2.76. The van der Waals surface area contributed by atoms with Crippen molar-refractivity contribution in [2.24, 2.45) is 0 Å². The summed E-state index contributed by atoms with van der Waals surface area (Å²) < 4.78 is 0. The lowest BCUT2D eigenvalue weighted by atomic mass is 10.8. The fourth-order valence-corrected chi connectivity index (χ4v) is 0.384. The third-order valence-corrected chi connectivity index (χ3v) is 0.815. The highest BCUT2D eigenvalue weighted by atomic mass is 32.2. The molecule has 4 nitrogen and oxygen atoms in total. The molecule has 1 heterocycles. The van der Waals surface area contributed by atoms with E-state index in [4.69, 9.17) is 7.12 Å². The molecule has 1 aromatic rings. The Kier molecular flexibility index (Phi) is 1.31. The number of rotatable bonds is 1. The number of H-pyrrole nitrogens is 1. The highest BCUT2D eigenvalue weighted by Crippen LogP contribution is 1.99. The first-order chi connectivity index (χ1) is 3.43. The molecule has 1 rings (SSSR count). The summed E-state index contributed by atoms with van der Waals surface area (Å²) in [6, 6.07) is 0. The van der Waals surface area contributed by atoms with E-state index in [-0.39, 0.29) is 0 Å². The van der Waals surface area contributed by atoms with Crippen molar-refractivity contribution in [1.82, 2.24) is 20.6 Å². The maximum atomic E-state index is 5.03. The van der Waals surface area contributed by atoms with Gasteiger partial charge >= 0.3 is 0 Å². The standard InChI is InChI=1S/CHBN4S/c2-7-1-3-5-6-4-1/h(H,3,4,5,6). The van der Waals surface area contributed by atoms with Crippen molar-refractivity contribution < 1.29 is 0 Å². The number of aromatic amines is 1. The minimum Gasteiger partial charge on any atom is -0.176 e. The molecule has 0 saturated heterocycles. The number of aromatic nitrogens is 4. The van der Waals surface area contributed by atoms with Crippen LogP contribution in [0.15, 0.2) is 5.16 Å². The third kappa shape index (κ3) is 0.925. The lowest BCUT2D eigenvalue weighted by Gasteiger charge is -1.73. The van der Waals surface area contributed by atoms with Crippen molar-refractivity contribution in [2.75, 3.05) is 0 Å². The molecule has 0 fully saturated rings. The van der Waals surface area contributed by atoms with Crippen molar-refractivity contribution in [3.63, 3.8) is 0 Å². The fraction of sp³-hybridized carbons (Fsp3) is 0. The predicted molar refractivity (Wildman–Crippen MR) is 25.8 cm³/mol. The van der Waals surface area contributed by atoms with Gasteiger partial charge in [0.2, 0.25) is 5.16 Å². The van der Waals surface area contributed by atoms with Crippen LogP contribution in [0.4, 0.5) is 0 Å². The fourth-order valence-electron chi connectivity index (χ4n) is 0.203. The summed E-state index contributed by atoms with van der Waals surface area (Å²) in [6.07, 6.45) is 0. The van der Waals surface area contributed by atoms with Crippen molar-refractivity contribution in [3.8, 4) is 0 Å². The zero-order valence-electron chi connectivity index (χ0n) is 3.33. The molecule has 7 heavy (non-hydrogen) atoms. The molecule has 0 aromatic carbocycles. The first-order valence-corrected chi connectivity index (χ1v) is 2.41. The van der Waals surface area contributed by atoms with Gasteiger partial charge in [-0.1, -0.05) is 0 Å². The Morgan fingerprint density at radius 1 is 1.71 bits per heavy atom. The van der Waals surface area contributed by atoms with Gasteiger partial charge in [-0.2, -0.15) is 16.8 Å². The second-order valence-electron chi connectivity index (χ2n) is 0.812. The van der Waals surface area contributed by atoms with Gasteiger partial charge in [-0.3, -0.25) is 0 Å². The van der Waals surface area contributed by atoms with E-state index in [0.29, 0.717) is 5.16 Å². The van der Waals surface area contributed by atoms with Crippen molar-refractivity contribution in [2.45, 2.75) is 5.16 Å². The average Bonchev–Trinajstić information content (AvgIpc) is 2.14. The zero-order valence-corrected chi connectivity index (χ0v) is 4.14. The third-order valence-electron chi connectivity index (χ3n) is 0.431. The lowest BCUT2D eigenvalue weighted by Crippen LogP contribution is -1.69. The minimum atomic E-state index is 0.458. The lowest BCUT2D eigenvalue weighted by molar-refractivity contribution is 0.881. The molecule has 0 unspecified atom stereocenters. The Labute approximate surface area is 45.4 Å². The summed E-state index contributed by atoms with van der Waals surface area (Å²) in [7, 11) is 5.03. The molecule has 2 radical (unpaired) electrons. The molecule has 0 aliphatic rings. The topological polar surface area (TPSA) is 54.5 Å². The van der Waals surface area contributed by atoms with Gasteiger partial charge in [0, 0.05) is 0 Å². The van der Waals surface area contributed by atoms with Crippen LogP contribution in [0.3, 0.4) is 0 Å². The summed E-state index contributed by atoms with van der Waals surface area (Å²) in [5, 5.41) is 13.0. The van der Waals surface area contributed by atoms with Gasteiger partial charge in [0.15, 0.2) is 7.12 Å². The average molecular weight is 112 g/mol. The van der Waals surface area contributed by atoms with Crippen LogP contribution in [0.1, 0.15) is 0 Å². The maximum absolute atomic E-state index is 5.03. The number of hydrogen-bond acceptors (Lipinski definition) is 4. The van der Waals surface area contributed by atoms with Crippen LogP contribution in [0.25, 0.3) is 0 Å². The van der Waals surface area contributed by atoms with Crippen LogP contribution >= 0.6 is 11.6 Å². The summed E-state index contributed by atoms with van der Waals surface area (Å²) in [5.41, 5.74) is 0. The predicted octanol–water partition coefficient (Wildman–Crippen LogP) is -0.625. The van der Waals surface area contributed by atoms with Gasteiger partial charge in [0.05, 0.1) is 0 Å². The van der Waals surface area contributed by atoms with Crippen LogP contribution < -0.4 is 0 Å². The van der Waals surface area contributed by atoms with Crippen LogP contribution in [-0.2, 0) is 0 Å². The smallest absolute Gasteiger partial charge is 0.176 e. The molecule has 1 N–H and O–H groups in total. The van der Waals surface area contributed by atoms with E-state index >= 15 is 0 Å². The first kappa shape index (κ1) is 4.64. The maximum Gasteiger partial charge on any atom is 0.219 e. The van der Waals surface area contributed by atoms with E-state index in [1.807, 2.05) is 0 Å². The largest absolute Gasteiger partial charge is 0.219 e. The highest BCUT2D eigenvalue weighted by molar-refractivity contribution is 8.19. The molecular weight excluding hydrogens is 111 g/mol. The molecule has 34 valence electrons. The quantitative estimate of drug-likeness (QED) is 0.491. The van der Waals surface area contributed by atoms with Crippen LogP contribution in [0.2, 0.25) is 0 Å². The van der Waals surface area contributed by atoms with Gasteiger partial charge in [0.25, 0.3) is 0 Å². The normalized spacial score (nSPS) is 9.14. The van der Waals surface area contributed by atoms with E-state index < -0.39 is 0 Å². The second kappa shape index (κ2) is 1.97. The molecule has 0 saturated carbocycles. The zero-order chi connectivity index (χ0) is 5.11. The van der Waals surface area contributed by atoms with Crippen molar-refractivity contribution in [3.05, 3.63) is 0 Å². The van der Waals surface area contributed by atoms with Crippen LogP contribution in [-0.4, -0.2) is 27.7 Å². The van der Waals surface area contributed by atoms with E-state index in [9.17, 15) is 0 Å². The summed E-state index contributed by atoms with van der Waals surface area (Å²) in [6.45, 7) is 0. The van der Waals surface area contributed by atoms with Gasteiger partial charge in [-0.05, 0) is 5.21 Å². The van der Waals surface area contributed by atoms with Crippen LogP contribution in [0, 0.1) is 0 Å². The summed E-state index contributed by atoms with van der Waals surface area (Å²) >= 11 is 0.959. The molecular formula is CHBN4S. The summed E-state index contributed by atoms with van der Waals surface area (Å²) in [5.74, 6) is 0. The van der Waals surface area contributed by atoms with Gasteiger partial charge in [-0.15, -0.1) is 10.2 Å². The van der Waals surface area contributed by atoms with Crippen LogP contribution in [0.5, 0.6) is 0 Å². The van der Waals surface area contributed by atoms with E-state index in [0.717, 1.165) is 11.6 Å². The van der Waals surface area contributed by atoms with Gasteiger partial charge in [0.1, 0.15) is 0 Å². The van der Waals surface area contributed by atoms with Crippen molar-refractivity contribution in [1.29, 1.82) is 0 Å². The minimum absolute atomic E-state index is 0.458. The summed E-state index contributed by atoms with van der Waals surface area (Å²) in [4.78, 5) is 0. The Bertz CT molecular complexity index is 126. The van der Waals surface area contributed by atoms with E-state index in [1.54, 1.807) is 0 Å². The highest BCUT2D eigenvalue weighted by Gasteiger charge is 1.87.